The highest BCUT2D eigenvalue weighted by molar-refractivity contribution is 5.77. The zero-order valence-electron chi connectivity index (χ0n) is 22.2. The third-order valence-corrected chi connectivity index (χ3v) is 6.84. The molecule has 4 aromatic rings. The van der Waals surface area contributed by atoms with Crippen LogP contribution in [-0.2, 0) is 17.9 Å². The number of aromatic nitrogens is 4. The van der Waals surface area contributed by atoms with Gasteiger partial charge in [0.25, 0.3) is 11.1 Å². The summed E-state index contributed by atoms with van der Waals surface area (Å²) in [5.74, 6) is -0.122. The van der Waals surface area contributed by atoms with Crippen molar-refractivity contribution in [3.05, 3.63) is 90.2 Å². The molecule has 39 heavy (non-hydrogen) atoms. The number of nitrogens with one attached hydrogen (secondary N) is 3. The average molecular weight is 535 g/mol. The van der Waals surface area contributed by atoms with Crippen molar-refractivity contribution in [3.8, 4) is 0 Å². The van der Waals surface area contributed by atoms with E-state index in [0.717, 1.165) is 6.42 Å². The summed E-state index contributed by atoms with van der Waals surface area (Å²) in [7, 11) is 0. The lowest BCUT2D eigenvalue weighted by Gasteiger charge is -2.32. The lowest BCUT2D eigenvalue weighted by Crippen LogP contribution is -2.49. The molecule has 0 aliphatic heterocycles. The number of aromatic amines is 2. The van der Waals surface area contributed by atoms with E-state index in [1.165, 1.54) is 16.1 Å². The molecule has 0 saturated carbocycles. The van der Waals surface area contributed by atoms with Gasteiger partial charge in [-0.3, -0.25) is 28.8 Å². The first-order valence-corrected chi connectivity index (χ1v) is 13.3. The molecule has 0 aliphatic rings. The predicted octanol–water partition coefficient (Wildman–Crippen LogP) is 1.74. The molecule has 206 valence electrons. The van der Waals surface area contributed by atoms with Crippen LogP contribution in [0.2, 0.25) is 0 Å². The summed E-state index contributed by atoms with van der Waals surface area (Å²) in [4.78, 5) is 70.2. The molecule has 2 aromatic heterocycles. The maximum absolute atomic E-state index is 12.8. The van der Waals surface area contributed by atoms with Crippen LogP contribution in [0.5, 0.6) is 0 Å². The quantitative estimate of drug-likeness (QED) is 0.187. The number of benzene rings is 2. The van der Waals surface area contributed by atoms with Crippen LogP contribution in [0.25, 0.3) is 21.8 Å². The molecule has 0 radical (unpaired) electrons. The number of hydrogen-bond donors (Lipinski definition) is 3. The minimum Gasteiger partial charge on any atom is -0.327 e. The second kappa shape index (κ2) is 12.5. The molecule has 1 atom stereocenters. The first-order chi connectivity index (χ1) is 18.8. The van der Waals surface area contributed by atoms with Crippen molar-refractivity contribution in [1.82, 2.24) is 29.3 Å². The smallest absolute Gasteiger partial charge is 0.327 e. The Balaban J connectivity index is 1.39. The molecular weight excluding hydrogens is 500 g/mol. The van der Waals surface area contributed by atoms with Gasteiger partial charge in [0.15, 0.2) is 0 Å². The van der Waals surface area contributed by atoms with Gasteiger partial charge in [0.2, 0.25) is 5.91 Å². The van der Waals surface area contributed by atoms with Gasteiger partial charge in [0.05, 0.1) is 28.0 Å². The van der Waals surface area contributed by atoms with Crippen LogP contribution in [0.1, 0.15) is 39.5 Å². The third kappa shape index (κ3) is 6.26. The lowest BCUT2D eigenvalue weighted by atomic mass is 10.2. The van der Waals surface area contributed by atoms with Gasteiger partial charge in [0, 0.05) is 26.6 Å². The monoisotopic (exact) mass is 534 g/mol. The largest absolute Gasteiger partial charge is 0.328 e. The normalized spacial score (nSPS) is 12.2. The highest BCUT2D eigenvalue weighted by Gasteiger charge is 2.20. The van der Waals surface area contributed by atoms with Crippen LogP contribution in [0.3, 0.4) is 0 Å². The highest BCUT2D eigenvalue weighted by atomic mass is 16.2. The van der Waals surface area contributed by atoms with E-state index in [1.54, 1.807) is 53.4 Å². The molecule has 3 N–H and O–H groups in total. The van der Waals surface area contributed by atoms with Crippen LogP contribution in [-0.4, -0.2) is 49.2 Å². The van der Waals surface area contributed by atoms with Gasteiger partial charge in [-0.1, -0.05) is 37.6 Å². The van der Waals surface area contributed by atoms with Crippen LogP contribution in [0, 0.1) is 0 Å². The summed E-state index contributed by atoms with van der Waals surface area (Å²) in [6, 6.07) is 13.8. The summed E-state index contributed by atoms with van der Waals surface area (Å²) < 4.78 is 2.36. The van der Waals surface area contributed by atoms with E-state index in [2.05, 4.69) is 15.3 Å². The number of rotatable bonds is 12. The second-order valence-electron chi connectivity index (χ2n) is 9.54. The van der Waals surface area contributed by atoms with Gasteiger partial charge in [-0.05, 0) is 50.1 Å². The van der Waals surface area contributed by atoms with Crippen molar-refractivity contribution in [2.75, 3.05) is 13.1 Å². The SMILES string of the molecule is CCCC(NCCCn1c(=O)[nH]c2ccccc2c1=O)N(CCCn1c(=O)[nH]c2ccccc2c1=O)C(C)=O. The molecule has 0 saturated heterocycles. The molecule has 11 heteroatoms. The molecule has 0 aliphatic carbocycles. The number of fused-ring (bicyclic) bond motifs is 2. The highest BCUT2D eigenvalue weighted by Crippen LogP contribution is 2.08. The third-order valence-electron chi connectivity index (χ3n) is 6.84. The van der Waals surface area contributed by atoms with Crippen molar-refractivity contribution in [3.63, 3.8) is 0 Å². The van der Waals surface area contributed by atoms with E-state index in [-0.39, 0.29) is 36.3 Å². The Hall–Kier alpha value is -4.25. The molecule has 1 unspecified atom stereocenters. The van der Waals surface area contributed by atoms with Gasteiger partial charge >= 0.3 is 11.4 Å². The summed E-state index contributed by atoms with van der Waals surface area (Å²) in [5.41, 5.74) is -0.609. The second-order valence-corrected chi connectivity index (χ2v) is 9.54. The Morgan fingerprint density at radius 2 is 1.36 bits per heavy atom. The Bertz CT molecular complexity index is 1700. The van der Waals surface area contributed by atoms with E-state index >= 15 is 0 Å². The fraction of sp³-hybridized carbons (Fsp3) is 0.393. The van der Waals surface area contributed by atoms with Crippen LogP contribution in [0.4, 0.5) is 0 Å². The number of carbonyl (C=O) groups excluding carboxylic acids is 1. The average Bonchev–Trinajstić information content (AvgIpc) is 2.91. The summed E-state index contributed by atoms with van der Waals surface area (Å²) >= 11 is 0. The Kier molecular flexibility index (Phi) is 8.92. The minimum atomic E-state index is -0.477. The van der Waals surface area contributed by atoms with Crippen molar-refractivity contribution < 1.29 is 4.79 Å². The topological polar surface area (TPSA) is 142 Å². The lowest BCUT2D eigenvalue weighted by molar-refractivity contribution is -0.132. The Morgan fingerprint density at radius 3 is 1.87 bits per heavy atom. The molecule has 4 rings (SSSR count). The number of H-pyrrole nitrogens is 2. The Labute approximate surface area is 224 Å². The van der Waals surface area contributed by atoms with Crippen LogP contribution >= 0.6 is 0 Å². The molecule has 2 heterocycles. The van der Waals surface area contributed by atoms with E-state index in [0.29, 0.717) is 54.2 Å². The first kappa shape index (κ1) is 27.8. The fourth-order valence-electron chi connectivity index (χ4n) is 4.88. The number of amides is 1. The van der Waals surface area contributed by atoms with Crippen molar-refractivity contribution in [2.45, 2.75) is 58.8 Å². The van der Waals surface area contributed by atoms with Crippen molar-refractivity contribution in [2.24, 2.45) is 0 Å². The summed E-state index contributed by atoms with van der Waals surface area (Å²) in [5, 5.41) is 4.28. The van der Waals surface area contributed by atoms with Gasteiger partial charge in [0.1, 0.15) is 0 Å². The first-order valence-electron chi connectivity index (χ1n) is 13.3. The number of nitrogens with zero attached hydrogens (tertiary/aromatic N) is 3. The molecule has 11 nitrogen and oxygen atoms in total. The van der Waals surface area contributed by atoms with Gasteiger partial charge in [-0.25, -0.2) is 9.59 Å². The van der Waals surface area contributed by atoms with E-state index in [4.69, 9.17) is 0 Å². The van der Waals surface area contributed by atoms with Crippen molar-refractivity contribution in [1.29, 1.82) is 0 Å². The summed E-state index contributed by atoms with van der Waals surface area (Å²) in [6.45, 7) is 4.77. The Morgan fingerprint density at radius 1 is 0.846 bits per heavy atom. The standard InChI is InChI=1S/C28H34N6O5/c1-3-10-24(29-15-8-16-33-25(36)20-11-4-6-13-22(20)30-27(33)38)32(19(2)35)17-9-18-34-26(37)21-12-5-7-14-23(21)31-28(34)39/h4-7,11-14,24,29H,3,8-10,15-18H2,1-2H3,(H,30,38)(H,31,39). The molecule has 0 fully saturated rings. The van der Waals surface area contributed by atoms with Crippen LogP contribution in [0.15, 0.2) is 67.7 Å². The molecule has 0 spiro atoms. The van der Waals surface area contributed by atoms with E-state index < -0.39 is 11.4 Å². The molecule has 1 amide bonds. The van der Waals surface area contributed by atoms with Gasteiger partial charge < -0.3 is 14.9 Å². The van der Waals surface area contributed by atoms with Crippen LogP contribution < -0.4 is 27.8 Å². The van der Waals surface area contributed by atoms with E-state index in [1.807, 2.05) is 6.92 Å². The number of para-hydroxylation sites is 2. The van der Waals surface area contributed by atoms with Gasteiger partial charge in [-0.15, -0.1) is 0 Å². The van der Waals surface area contributed by atoms with Crippen molar-refractivity contribution >= 4 is 27.7 Å². The maximum Gasteiger partial charge on any atom is 0.328 e. The number of hydrogen-bond acceptors (Lipinski definition) is 6. The maximum atomic E-state index is 12.8. The summed E-state index contributed by atoms with van der Waals surface area (Å²) in [6.07, 6.45) is 2.20. The van der Waals surface area contributed by atoms with E-state index in [9.17, 15) is 24.0 Å². The minimum absolute atomic E-state index is 0.122. The number of carbonyl (C=O) groups is 1. The molecule has 2 aromatic carbocycles. The predicted molar refractivity (Wildman–Crippen MR) is 151 cm³/mol. The van der Waals surface area contributed by atoms with Gasteiger partial charge in [-0.2, -0.15) is 0 Å². The zero-order chi connectivity index (χ0) is 27.9. The fourth-order valence-corrected chi connectivity index (χ4v) is 4.88. The molecular formula is C28H34N6O5. The molecule has 0 bridgehead atoms. The zero-order valence-corrected chi connectivity index (χ0v) is 22.2.